The first-order valence-corrected chi connectivity index (χ1v) is 5.59. The molecule has 0 aromatic carbocycles. The van der Waals surface area contributed by atoms with E-state index in [1.54, 1.807) is 0 Å². The molecular weight excluding hydrogens is 198 g/mol. The maximum absolute atomic E-state index is 10.5. The molecule has 1 atom stereocenters. The number of hydrogen-bond donors (Lipinski definition) is 1. The highest BCUT2D eigenvalue weighted by atomic mass is 32.1. The van der Waals surface area contributed by atoms with Gasteiger partial charge in [-0.15, -0.1) is 11.3 Å². The molecule has 0 bridgehead atoms. The van der Waals surface area contributed by atoms with E-state index in [0.29, 0.717) is 0 Å². The van der Waals surface area contributed by atoms with Gasteiger partial charge in [0.05, 0.1) is 22.5 Å². The Balaban J connectivity index is 2.17. The van der Waals surface area contributed by atoms with Gasteiger partial charge in [-0.25, -0.2) is 0 Å². The van der Waals surface area contributed by atoms with E-state index in [1.807, 2.05) is 12.1 Å². The molecule has 2 rings (SSSR count). The van der Waals surface area contributed by atoms with Crippen LogP contribution < -0.4 is 4.90 Å². The molecule has 0 saturated carbocycles. The molecule has 1 saturated heterocycles. The van der Waals surface area contributed by atoms with Crippen LogP contribution in [0.2, 0.25) is 0 Å². The monoisotopic (exact) mass is 211 g/mol. The van der Waals surface area contributed by atoms with E-state index in [-0.39, 0.29) is 12.6 Å². The molecule has 14 heavy (non-hydrogen) atoms. The molecule has 0 radical (unpaired) electrons. The molecule has 1 aromatic rings. The molecule has 2 heterocycles. The van der Waals surface area contributed by atoms with Gasteiger partial charge in [-0.2, -0.15) is 0 Å². The molecule has 0 spiro atoms. The van der Waals surface area contributed by atoms with Crippen LogP contribution in [0.25, 0.3) is 0 Å². The van der Waals surface area contributed by atoms with Crippen molar-refractivity contribution in [2.45, 2.75) is 18.9 Å². The molecule has 1 aliphatic rings. The van der Waals surface area contributed by atoms with Gasteiger partial charge in [-0.05, 0) is 25.0 Å². The Labute approximate surface area is 87.0 Å². The predicted octanol–water partition coefficient (Wildman–Crippen LogP) is 1.52. The van der Waals surface area contributed by atoms with E-state index in [1.165, 1.54) is 11.3 Å². The minimum atomic E-state index is 0.203. The highest BCUT2D eigenvalue weighted by molar-refractivity contribution is 7.17. The standard InChI is InChI=1S/C10H13NO2S/c12-6-8-2-1-5-11(8)10-4-3-9(7-13)14-10/h3-4,7-8,12H,1-2,5-6H2/t8-/m1/s1. The van der Waals surface area contributed by atoms with Gasteiger partial charge in [0.15, 0.2) is 6.29 Å². The number of hydrogen-bond acceptors (Lipinski definition) is 4. The molecule has 3 nitrogen and oxygen atoms in total. The highest BCUT2D eigenvalue weighted by Gasteiger charge is 2.24. The molecule has 0 amide bonds. The molecule has 1 aromatic heterocycles. The maximum atomic E-state index is 10.5. The third-order valence-electron chi connectivity index (χ3n) is 2.60. The lowest BCUT2D eigenvalue weighted by atomic mass is 10.2. The fourth-order valence-corrected chi connectivity index (χ4v) is 2.79. The maximum Gasteiger partial charge on any atom is 0.160 e. The number of aliphatic hydroxyl groups is 1. The van der Waals surface area contributed by atoms with Crippen LogP contribution in [0.1, 0.15) is 22.5 Å². The van der Waals surface area contributed by atoms with Gasteiger partial charge in [0.1, 0.15) is 0 Å². The number of aliphatic hydroxyl groups excluding tert-OH is 1. The van der Waals surface area contributed by atoms with Crippen LogP contribution in [0.5, 0.6) is 0 Å². The van der Waals surface area contributed by atoms with Gasteiger partial charge < -0.3 is 10.0 Å². The summed E-state index contributed by atoms with van der Waals surface area (Å²) in [6.07, 6.45) is 3.04. The first kappa shape index (κ1) is 9.68. The van der Waals surface area contributed by atoms with Gasteiger partial charge in [-0.1, -0.05) is 0 Å². The first-order chi connectivity index (χ1) is 6.85. The fraction of sp³-hybridized carbons (Fsp3) is 0.500. The summed E-state index contributed by atoms with van der Waals surface area (Å²) in [4.78, 5) is 13.5. The number of aldehydes is 1. The van der Waals surface area contributed by atoms with Crippen LogP contribution in [-0.2, 0) is 0 Å². The molecule has 0 aliphatic carbocycles. The van der Waals surface area contributed by atoms with Crippen molar-refractivity contribution in [2.75, 3.05) is 18.1 Å². The quantitative estimate of drug-likeness (QED) is 0.771. The van der Waals surface area contributed by atoms with Crippen molar-refractivity contribution >= 4 is 22.6 Å². The van der Waals surface area contributed by atoms with E-state index in [9.17, 15) is 4.79 Å². The molecule has 0 unspecified atom stereocenters. The van der Waals surface area contributed by atoms with Gasteiger partial charge in [0.25, 0.3) is 0 Å². The predicted molar refractivity (Wildman–Crippen MR) is 57.2 cm³/mol. The lowest BCUT2D eigenvalue weighted by Gasteiger charge is -2.22. The van der Waals surface area contributed by atoms with E-state index in [0.717, 1.165) is 35.6 Å². The summed E-state index contributed by atoms with van der Waals surface area (Å²) in [5.41, 5.74) is 0. The van der Waals surface area contributed by atoms with Crippen LogP contribution in [0.3, 0.4) is 0 Å². The fourth-order valence-electron chi connectivity index (χ4n) is 1.88. The second-order valence-electron chi connectivity index (χ2n) is 3.47. The Hall–Kier alpha value is -0.870. The topological polar surface area (TPSA) is 40.5 Å². The third kappa shape index (κ3) is 1.67. The van der Waals surface area contributed by atoms with Crippen molar-refractivity contribution in [1.29, 1.82) is 0 Å². The average Bonchev–Trinajstić information content (AvgIpc) is 2.85. The number of thiophene rings is 1. The zero-order valence-electron chi connectivity index (χ0n) is 7.85. The molecule has 1 N–H and O–H groups in total. The minimum Gasteiger partial charge on any atom is -0.394 e. The second kappa shape index (κ2) is 4.11. The molecule has 76 valence electrons. The Morgan fingerprint density at radius 3 is 3.14 bits per heavy atom. The van der Waals surface area contributed by atoms with E-state index in [2.05, 4.69) is 4.90 Å². The summed E-state index contributed by atoms with van der Waals surface area (Å²) < 4.78 is 0. The summed E-state index contributed by atoms with van der Waals surface area (Å²) in [5.74, 6) is 0. The molecular formula is C10H13NO2S. The van der Waals surface area contributed by atoms with Gasteiger partial charge in [0.2, 0.25) is 0 Å². The number of rotatable bonds is 3. The number of anilines is 1. The summed E-state index contributed by atoms with van der Waals surface area (Å²) in [5, 5.41) is 10.3. The van der Waals surface area contributed by atoms with Crippen LogP contribution >= 0.6 is 11.3 Å². The van der Waals surface area contributed by atoms with Crippen molar-refractivity contribution in [2.24, 2.45) is 0 Å². The highest BCUT2D eigenvalue weighted by Crippen LogP contribution is 2.31. The van der Waals surface area contributed by atoms with E-state index < -0.39 is 0 Å². The normalized spacial score (nSPS) is 21.5. The molecule has 1 aliphatic heterocycles. The van der Waals surface area contributed by atoms with Crippen LogP contribution in [0.15, 0.2) is 12.1 Å². The Morgan fingerprint density at radius 1 is 1.64 bits per heavy atom. The van der Waals surface area contributed by atoms with Crippen molar-refractivity contribution in [3.8, 4) is 0 Å². The number of carbonyl (C=O) groups is 1. The zero-order chi connectivity index (χ0) is 9.97. The minimum absolute atomic E-state index is 0.203. The van der Waals surface area contributed by atoms with Crippen LogP contribution in [0, 0.1) is 0 Å². The zero-order valence-corrected chi connectivity index (χ0v) is 8.67. The Morgan fingerprint density at radius 2 is 2.50 bits per heavy atom. The van der Waals surface area contributed by atoms with E-state index in [4.69, 9.17) is 5.11 Å². The Kier molecular flexibility index (Phi) is 2.84. The van der Waals surface area contributed by atoms with Gasteiger partial charge >= 0.3 is 0 Å². The van der Waals surface area contributed by atoms with Crippen molar-refractivity contribution in [3.05, 3.63) is 17.0 Å². The molecule has 4 heteroatoms. The summed E-state index contributed by atoms with van der Waals surface area (Å²) in [7, 11) is 0. The lowest BCUT2D eigenvalue weighted by Crippen LogP contribution is -2.31. The molecule has 1 fully saturated rings. The third-order valence-corrected chi connectivity index (χ3v) is 3.65. The number of carbonyl (C=O) groups excluding carboxylic acids is 1. The smallest absolute Gasteiger partial charge is 0.160 e. The van der Waals surface area contributed by atoms with Crippen molar-refractivity contribution in [3.63, 3.8) is 0 Å². The SMILES string of the molecule is O=Cc1ccc(N2CCC[C@@H]2CO)s1. The van der Waals surface area contributed by atoms with Gasteiger partial charge in [-0.3, -0.25) is 4.79 Å². The lowest BCUT2D eigenvalue weighted by molar-refractivity contribution is 0.112. The largest absolute Gasteiger partial charge is 0.394 e. The van der Waals surface area contributed by atoms with Crippen LogP contribution in [-0.4, -0.2) is 30.6 Å². The van der Waals surface area contributed by atoms with Crippen molar-refractivity contribution in [1.82, 2.24) is 0 Å². The van der Waals surface area contributed by atoms with Crippen LogP contribution in [0.4, 0.5) is 5.00 Å². The van der Waals surface area contributed by atoms with Gasteiger partial charge in [0, 0.05) is 6.54 Å². The second-order valence-corrected chi connectivity index (χ2v) is 4.56. The summed E-state index contributed by atoms with van der Waals surface area (Å²) in [6, 6.07) is 4.04. The number of nitrogens with zero attached hydrogens (tertiary/aromatic N) is 1. The summed E-state index contributed by atoms with van der Waals surface area (Å²) >= 11 is 1.50. The van der Waals surface area contributed by atoms with Crippen molar-refractivity contribution < 1.29 is 9.90 Å². The first-order valence-electron chi connectivity index (χ1n) is 4.77. The van der Waals surface area contributed by atoms with E-state index >= 15 is 0 Å². The summed E-state index contributed by atoms with van der Waals surface area (Å²) in [6.45, 7) is 1.19. The Bertz CT molecular complexity index is 324. The average molecular weight is 211 g/mol.